The molecule has 2 saturated heterocycles. The van der Waals surface area contributed by atoms with Crippen LogP contribution in [0.1, 0.15) is 38.2 Å². The summed E-state index contributed by atoms with van der Waals surface area (Å²) in [5.41, 5.74) is 2.79. The van der Waals surface area contributed by atoms with Crippen LogP contribution < -0.4 is 10.2 Å². The Hall–Kier alpha value is -1.06. The Bertz CT molecular complexity index is 460. The van der Waals surface area contributed by atoms with E-state index in [0.29, 0.717) is 6.04 Å². The lowest BCUT2D eigenvalue weighted by Crippen LogP contribution is -2.45. The molecule has 2 heterocycles. The Morgan fingerprint density at radius 2 is 2.10 bits per heavy atom. The zero-order chi connectivity index (χ0) is 14.7. The summed E-state index contributed by atoms with van der Waals surface area (Å²) in [7, 11) is 2.18. The van der Waals surface area contributed by atoms with Crippen molar-refractivity contribution in [3.63, 3.8) is 0 Å². The lowest BCUT2D eigenvalue weighted by molar-refractivity contribution is 0.166. The monoisotopic (exact) mass is 287 g/mol. The molecule has 2 aliphatic heterocycles. The van der Waals surface area contributed by atoms with Crippen LogP contribution >= 0.6 is 0 Å². The molecule has 3 rings (SSSR count). The second-order valence-electron chi connectivity index (χ2n) is 6.58. The first kappa shape index (κ1) is 14.9. The Labute approximate surface area is 129 Å². The number of benzene rings is 1. The number of hydrogen-bond donors (Lipinski definition) is 1. The Morgan fingerprint density at radius 3 is 2.95 bits per heavy atom. The van der Waals surface area contributed by atoms with Gasteiger partial charge in [0, 0.05) is 37.9 Å². The van der Waals surface area contributed by atoms with Gasteiger partial charge in [0.25, 0.3) is 0 Å². The highest BCUT2D eigenvalue weighted by molar-refractivity contribution is 5.52. The maximum Gasteiger partial charge on any atom is 0.0409 e. The number of fused-ring (bicyclic) bond motifs is 1. The van der Waals surface area contributed by atoms with Gasteiger partial charge in [-0.05, 0) is 57.3 Å². The van der Waals surface area contributed by atoms with Crippen LogP contribution in [0.2, 0.25) is 0 Å². The van der Waals surface area contributed by atoms with Gasteiger partial charge in [-0.25, -0.2) is 0 Å². The smallest absolute Gasteiger partial charge is 0.0409 e. The first-order valence-corrected chi connectivity index (χ1v) is 8.54. The molecule has 2 fully saturated rings. The van der Waals surface area contributed by atoms with Gasteiger partial charge in [0.2, 0.25) is 0 Å². The van der Waals surface area contributed by atoms with Gasteiger partial charge in [-0.2, -0.15) is 0 Å². The van der Waals surface area contributed by atoms with E-state index in [1.807, 2.05) is 0 Å². The van der Waals surface area contributed by atoms with Crippen molar-refractivity contribution in [2.45, 2.75) is 51.2 Å². The molecule has 3 nitrogen and oxygen atoms in total. The number of nitrogens with zero attached hydrogens (tertiary/aromatic N) is 2. The molecule has 0 aliphatic carbocycles. The second kappa shape index (κ2) is 6.80. The number of hydrogen-bond acceptors (Lipinski definition) is 3. The summed E-state index contributed by atoms with van der Waals surface area (Å²) < 4.78 is 0. The van der Waals surface area contributed by atoms with Crippen molar-refractivity contribution < 1.29 is 0 Å². The Morgan fingerprint density at radius 1 is 1.24 bits per heavy atom. The van der Waals surface area contributed by atoms with Crippen LogP contribution in [0.5, 0.6) is 0 Å². The molecule has 2 aliphatic rings. The number of anilines is 1. The summed E-state index contributed by atoms with van der Waals surface area (Å²) in [6.45, 7) is 6.88. The second-order valence-corrected chi connectivity index (χ2v) is 6.58. The predicted octanol–water partition coefficient (Wildman–Crippen LogP) is 2.86. The fourth-order valence-electron chi connectivity index (χ4n) is 3.87. The summed E-state index contributed by atoms with van der Waals surface area (Å²) in [6.07, 6.45) is 5.46. The molecule has 0 amide bonds. The van der Waals surface area contributed by atoms with Crippen LogP contribution in [0.3, 0.4) is 0 Å². The molecule has 2 atom stereocenters. The molecule has 21 heavy (non-hydrogen) atoms. The molecule has 0 radical (unpaired) electrons. The third-order valence-corrected chi connectivity index (χ3v) is 5.28. The van der Waals surface area contributed by atoms with Gasteiger partial charge in [-0.3, -0.25) is 0 Å². The van der Waals surface area contributed by atoms with Crippen molar-refractivity contribution in [2.75, 3.05) is 31.6 Å². The molecule has 3 heteroatoms. The SMILES string of the molecule is CCN(C)c1ccccc1CN[C@@H]1CCN2CCC[C@H]2C1. The first-order valence-electron chi connectivity index (χ1n) is 8.54. The van der Waals surface area contributed by atoms with Gasteiger partial charge in [-0.1, -0.05) is 18.2 Å². The van der Waals surface area contributed by atoms with Crippen molar-refractivity contribution in [1.29, 1.82) is 0 Å². The van der Waals surface area contributed by atoms with E-state index in [-0.39, 0.29) is 0 Å². The van der Waals surface area contributed by atoms with Crippen LogP contribution in [-0.4, -0.2) is 43.7 Å². The van der Waals surface area contributed by atoms with Crippen molar-refractivity contribution in [3.8, 4) is 0 Å². The van der Waals surface area contributed by atoms with Gasteiger partial charge in [0.1, 0.15) is 0 Å². The van der Waals surface area contributed by atoms with E-state index >= 15 is 0 Å². The van der Waals surface area contributed by atoms with Crippen LogP contribution in [0.15, 0.2) is 24.3 Å². The maximum atomic E-state index is 3.82. The van der Waals surface area contributed by atoms with E-state index in [1.54, 1.807) is 0 Å². The molecular weight excluding hydrogens is 258 g/mol. The van der Waals surface area contributed by atoms with Gasteiger partial charge in [-0.15, -0.1) is 0 Å². The highest BCUT2D eigenvalue weighted by Crippen LogP contribution is 2.27. The lowest BCUT2D eigenvalue weighted by Gasteiger charge is -2.35. The average Bonchev–Trinajstić information content (AvgIpc) is 3.00. The van der Waals surface area contributed by atoms with Gasteiger partial charge in [0.05, 0.1) is 0 Å². The molecule has 116 valence electrons. The first-order chi connectivity index (χ1) is 10.3. The zero-order valence-corrected chi connectivity index (χ0v) is 13.5. The third kappa shape index (κ3) is 3.41. The van der Waals surface area contributed by atoms with Crippen LogP contribution in [0.25, 0.3) is 0 Å². The average molecular weight is 287 g/mol. The maximum absolute atomic E-state index is 3.82. The van der Waals surface area contributed by atoms with E-state index in [0.717, 1.165) is 19.1 Å². The van der Waals surface area contributed by atoms with Crippen LogP contribution in [0, 0.1) is 0 Å². The standard InChI is InChI=1S/C18H29N3/c1-3-20(2)18-9-5-4-7-15(18)14-19-16-10-12-21-11-6-8-17(21)13-16/h4-5,7,9,16-17,19H,3,6,8,10-14H2,1-2H3/t16-,17+/m1/s1. The Balaban J connectivity index is 1.58. The predicted molar refractivity (Wildman–Crippen MR) is 89.8 cm³/mol. The van der Waals surface area contributed by atoms with E-state index < -0.39 is 0 Å². The van der Waals surface area contributed by atoms with E-state index in [2.05, 4.69) is 53.4 Å². The minimum absolute atomic E-state index is 0.698. The van der Waals surface area contributed by atoms with Crippen molar-refractivity contribution in [3.05, 3.63) is 29.8 Å². The van der Waals surface area contributed by atoms with Gasteiger partial charge in [0.15, 0.2) is 0 Å². The molecule has 0 saturated carbocycles. The quantitative estimate of drug-likeness (QED) is 0.898. The molecule has 1 aromatic rings. The number of para-hydroxylation sites is 1. The normalized spacial score (nSPS) is 25.8. The fraction of sp³-hybridized carbons (Fsp3) is 0.667. The molecule has 1 aromatic carbocycles. The molecule has 0 aromatic heterocycles. The summed E-state index contributed by atoms with van der Waals surface area (Å²) in [5, 5.41) is 3.82. The summed E-state index contributed by atoms with van der Waals surface area (Å²) in [4.78, 5) is 5.02. The van der Waals surface area contributed by atoms with Crippen molar-refractivity contribution in [1.82, 2.24) is 10.2 Å². The minimum atomic E-state index is 0.698. The summed E-state index contributed by atoms with van der Waals surface area (Å²) in [5.74, 6) is 0. The van der Waals surface area contributed by atoms with Gasteiger partial charge >= 0.3 is 0 Å². The molecule has 0 bridgehead atoms. The largest absolute Gasteiger partial charge is 0.375 e. The third-order valence-electron chi connectivity index (χ3n) is 5.28. The molecule has 0 unspecified atom stereocenters. The van der Waals surface area contributed by atoms with E-state index in [1.165, 1.54) is 50.0 Å². The number of nitrogens with one attached hydrogen (secondary N) is 1. The lowest BCUT2D eigenvalue weighted by atomic mass is 9.97. The minimum Gasteiger partial charge on any atom is -0.375 e. The Kier molecular flexibility index (Phi) is 4.81. The van der Waals surface area contributed by atoms with Gasteiger partial charge < -0.3 is 15.1 Å². The van der Waals surface area contributed by atoms with E-state index in [4.69, 9.17) is 0 Å². The summed E-state index contributed by atoms with van der Waals surface area (Å²) in [6, 6.07) is 10.3. The van der Waals surface area contributed by atoms with Crippen molar-refractivity contribution in [2.24, 2.45) is 0 Å². The number of piperidine rings is 1. The molecular formula is C18H29N3. The molecule has 1 N–H and O–H groups in total. The highest BCUT2D eigenvalue weighted by Gasteiger charge is 2.31. The van der Waals surface area contributed by atoms with Crippen LogP contribution in [0.4, 0.5) is 5.69 Å². The fourth-order valence-corrected chi connectivity index (χ4v) is 3.87. The van der Waals surface area contributed by atoms with E-state index in [9.17, 15) is 0 Å². The molecule has 0 spiro atoms. The number of rotatable bonds is 5. The summed E-state index contributed by atoms with van der Waals surface area (Å²) >= 11 is 0. The van der Waals surface area contributed by atoms with Crippen LogP contribution in [-0.2, 0) is 6.54 Å². The van der Waals surface area contributed by atoms with Crippen molar-refractivity contribution >= 4 is 5.69 Å². The zero-order valence-electron chi connectivity index (χ0n) is 13.5. The topological polar surface area (TPSA) is 18.5 Å². The highest BCUT2D eigenvalue weighted by atomic mass is 15.2.